The Morgan fingerprint density at radius 1 is 1.64 bits per heavy atom. The van der Waals surface area contributed by atoms with Crippen molar-refractivity contribution in [1.29, 1.82) is 0 Å². The molecule has 1 N–H and O–H groups in total. The van der Waals surface area contributed by atoms with Gasteiger partial charge in [0.05, 0.1) is 0 Å². The summed E-state index contributed by atoms with van der Waals surface area (Å²) in [5, 5.41) is 3.41. The van der Waals surface area contributed by atoms with Crippen LogP contribution < -0.4 is 5.32 Å². The fourth-order valence-corrected chi connectivity index (χ4v) is 1.55. The van der Waals surface area contributed by atoms with Gasteiger partial charge in [0.25, 0.3) is 0 Å². The molecule has 0 saturated carbocycles. The molecule has 1 amide bonds. The Kier molecular flexibility index (Phi) is 2.23. The van der Waals surface area contributed by atoms with Crippen LogP contribution in [-0.4, -0.2) is 12.5 Å². The summed E-state index contributed by atoms with van der Waals surface area (Å²) < 4.78 is 0. The van der Waals surface area contributed by atoms with Gasteiger partial charge < -0.3 is 5.32 Å². The number of rotatable bonds is 0. The highest BCUT2D eigenvalue weighted by Gasteiger charge is 2.22. The Morgan fingerprint density at radius 2 is 2.27 bits per heavy atom. The predicted molar refractivity (Wildman–Crippen MR) is 45.3 cm³/mol. The van der Waals surface area contributed by atoms with Crippen LogP contribution in [0.4, 0.5) is 0 Å². The lowest BCUT2D eigenvalue weighted by atomic mass is 9.90. The molecule has 0 fully saturated rings. The molecule has 62 valence electrons. The number of carbonyl (C=O) groups excluding carboxylic acids is 1. The van der Waals surface area contributed by atoms with Gasteiger partial charge in [0, 0.05) is 17.7 Å². The monoisotopic (exact) mass is 173 g/mol. The zero-order chi connectivity index (χ0) is 8.48. The normalized spacial score (nSPS) is 23.5. The molecule has 0 bridgehead atoms. The zero-order valence-electron chi connectivity index (χ0n) is 6.78. The van der Waals surface area contributed by atoms with Crippen LogP contribution in [0.2, 0.25) is 0 Å². The van der Waals surface area contributed by atoms with Crippen LogP contribution in [0.3, 0.4) is 0 Å². The second kappa shape index (κ2) is 2.86. The van der Waals surface area contributed by atoms with E-state index in [4.69, 9.17) is 11.6 Å². The minimum Gasteiger partial charge on any atom is -0.352 e. The summed E-state index contributed by atoms with van der Waals surface area (Å²) in [5.74, 6) is -0.0828. The van der Waals surface area contributed by atoms with Crippen molar-refractivity contribution in [2.45, 2.75) is 20.3 Å². The number of hydrogen-bond donors (Lipinski definition) is 1. The molecule has 0 atom stereocenters. The largest absolute Gasteiger partial charge is 0.352 e. The SMILES string of the molecule is CC1(C)CNC(=O)C=C(Cl)C1. The minimum absolute atomic E-state index is 0.0828. The van der Waals surface area contributed by atoms with E-state index < -0.39 is 0 Å². The highest BCUT2D eigenvalue weighted by Crippen LogP contribution is 2.27. The number of amides is 1. The van der Waals surface area contributed by atoms with E-state index in [0.717, 1.165) is 6.42 Å². The van der Waals surface area contributed by atoms with Crippen LogP contribution in [0.1, 0.15) is 20.3 Å². The van der Waals surface area contributed by atoms with Gasteiger partial charge >= 0.3 is 0 Å². The molecule has 1 heterocycles. The van der Waals surface area contributed by atoms with Crippen LogP contribution in [0.5, 0.6) is 0 Å². The van der Waals surface area contributed by atoms with Crippen LogP contribution in [0.25, 0.3) is 0 Å². The smallest absolute Gasteiger partial charge is 0.245 e. The van der Waals surface area contributed by atoms with Crippen LogP contribution in [0.15, 0.2) is 11.1 Å². The first kappa shape index (κ1) is 8.60. The standard InChI is InChI=1S/C8H12ClNO/c1-8(2)4-6(9)3-7(11)10-5-8/h3H,4-5H2,1-2H3,(H,10,11). The maximum Gasteiger partial charge on any atom is 0.245 e. The Hall–Kier alpha value is -0.500. The molecule has 0 spiro atoms. The summed E-state index contributed by atoms with van der Waals surface area (Å²) in [6, 6.07) is 0. The maximum atomic E-state index is 10.9. The van der Waals surface area contributed by atoms with Crippen molar-refractivity contribution in [3.05, 3.63) is 11.1 Å². The number of halogens is 1. The van der Waals surface area contributed by atoms with Gasteiger partial charge in [0.15, 0.2) is 0 Å². The molecule has 3 heteroatoms. The Labute approximate surface area is 71.6 Å². The van der Waals surface area contributed by atoms with E-state index in [-0.39, 0.29) is 11.3 Å². The van der Waals surface area contributed by atoms with E-state index in [1.54, 1.807) is 0 Å². The fourth-order valence-electron chi connectivity index (χ4n) is 1.09. The molecule has 1 rings (SSSR count). The molecule has 0 aliphatic carbocycles. The molecular weight excluding hydrogens is 162 g/mol. The van der Waals surface area contributed by atoms with E-state index in [0.29, 0.717) is 11.6 Å². The third-order valence-corrected chi connectivity index (χ3v) is 1.92. The molecule has 1 aliphatic heterocycles. The lowest BCUT2D eigenvalue weighted by Gasteiger charge is -2.21. The van der Waals surface area contributed by atoms with Gasteiger partial charge in [-0.25, -0.2) is 0 Å². The van der Waals surface area contributed by atoms with Crippen molar-refractivity contribution in [2.75, 3.05) is 6.54 Å². The molecule has 0 aromatic heterocycles. The summed E-state index contributed by atoms with van der Waals surface area (Å²) in [6.07, 6.45) is 2.23. The quantitative estimate of drug-likeness (QED) is 0.593. The van der Waals surface area contributed by atoms with Crippen molar-refractivity contribution in [2.24, 2.45) is 5.41 Å². The fraction of sp³-hybridized carbons (Fsp3) is 0.625. The molecular formula is C8H12ClNO. The summed E-state index contributed by atoms with van der Waals surface area (Å²) in [4.78, 5) is 10.9. The molecule has 0 unspecified atom stereocenters. The number of nitrogens with one attached hydrogen (secondary N) is 1. The Morgan fingerprint density at radius 3 is 2.91 bits per heavy atom. The first-order valence-electron chi connectivity index (χ1n) is 3.63. The van der Waals surface area contributed by atoms with Gasteiger partial charge in [-0.2, -0.15) is 0 Å². The summed E-state index contributed by atoms with van der Waals surface area (Å²) in [6.45, 7) is 4.85. The average Bonchev–Trinajstić information content (AvgIpc) is 1.90. The third kappa shape index (κ3) is 2.54. The number of carbonyl (C=O) groups is 1. The van der Waals surface area contributed by atoms with Gasteiger partial charge in [-0.3, -0.25) is 4.79 Å². The first-order valence-corrected chi connectivity index (χ1v) is 4.01. The van der Waals surface area contributed by atoms with E-state index >= 15 is 0 Å². The van der Waals surface area contributed by atoms with Gasteiger partial charge in [0.2, 0.25) is 5.91 Å². The minimum atomic E-state index is -0.0828. The van der Waals surface area contributed by atoms with E-state index in [1.165, 1.54) is 6.08 Å². The Balaban J connectivity index is 2.76. The van der Waals surface area contributed by atoms with Crippen molar-refractivity contribution in [1.82, 2.24) is 5.32 Å². The number of allylic oxidation sites excluding steroid dienone is 1. The molecule has 0 aromatic rings. The van der Waals surface area contributed by atoms with Crippen LogP contribution in [0, 0.1) is 5.41 Å². The average molecular weight is 174 g/mol. The molecule has 11 heavy (non-hydrogen) atoms. The van der Waals surface area contributed by atoms with Crippen LogP contribution >= 0.6 is 11.6 Å². The molecule has 0 saturated heterocycles. The predicted octanol–water partition coefficient (Wildman–Crippen LogP) is 1.66. The van der Waals surface area contributed by atoms with Gasteiger partial charge in [-0.05, 0) is 11.8 Å². The lowest BCUT2D eigenvalue weighted by molar-refractivity contribution is -0.116. The highest BCUT2D eigenvalue weighted by atomic mass is 35.5. The van der Waals surface area contributed by atoms with Crippen molar-refractivity contribution < 1.29 is 4.79 Å². The molecule has 2 nitrogen and oxygen atoms in total. The topological polar surface area (TPSA) is 29.1 Å². The highest BCUT2D eigenvalue weighted by molar-refractivity contribution is 6.31. The van der Waals surface area contributed by atoms with E-state index in [1.807, 2.05) is 0 Å². The Bertz CT molecular complexity index is 208. The van der Waals surface area contributed by atoms with E-state index in [2.05, 4.69) is 19.2 Å². The summed E-state index contributed by atoms with van der Waals surface area (Å²) >= 11 is 5.80. The molecule has 0 aromatic carbocycles. The second-order valence-corrected chi connectivity index (χ2v) is 4.14. The van der Waals surface area contributed by atoms with Gasteiger partial charge in [0.1, 0.15) is 0 Å². The van der Waals surface area contributed by atoms with Gasteiger partial charge in [-0.15, -0.1) is 0 Å². The summed E-state index contributed by atoms with van der Waals surface area (Å²) in [5.41, 5.74) is 0.0831. The van der Waals surface area contributed by atoms with E-state index in [9.17, 15) is 4.79 Å². The number of hydrogen-bond acceptors (Lipinski definition) is 1. The summed E-state index contributed by atoms with van der Waals surface area (Å²) in [7, 11) is 0. The van der Waals surface area contributed by atoms with Crippen LogP contribution in [-0.2, 0) is 4.79 Å². The van der Waals surface area contributed by atoms with Crippen molar-refractivity contribution >= 4 is 17.5 Å². The van der Waals surface area contributed by atoms with Gasteiger partial charge in [-0.1, -0.05) is 25.4 Å². The van der Waals surface area contributed by atoms with Crippen molar-refractivity contribution in [3.63, 3.8) is 0 Å². The maximum absolute atomic E-state index is 10.9. The van der Waals surface area contributed by atoms with Crippen molar-refractivity contribution in [3.8, 4) is 0 Å². The first-order chi connectivity index (χ1) is 4.99. The zero-order valence-corrected chi connectivity index (χ0v) is 7.53. The third-order valence-electron chi connectivity index (χ3n) is 1.68. The lowest BCUT2D eigenvalue weighted by Crippen LogP contribution is -2.30. The molecule has 1 aliphatic rings. The molecule has 0 radical (unpaired) electrons. The second-order valence-electron chi connectivity index (χ2n) is 3.65.